The van der Waals surface area contributed by atoms with E-state index < -0.39 is 0 Å². The summed E-state index contributed by atoms with van der Waals surface area (Å²) >= 11 is 1.43. The molecule has 1 amide bonds. The number of benzene rings is 1. The topological polar surface area (TPSA) is 73.6 Å². The highest BCUT2D eigenvalue weighted by atomic mass is 32.1. The van der Waals surface area contributed by atoms with Crippen molar-refractivity contribution in [1.29, 1.82) is 0 Å². The Balaban J connectivity index is 1.77. The van der Waals surface area contributed by atoms with Crippen LogP contribution in [0.2, 0.25) is 0 Å². The van der Waals surface area contributed by atoms with E-state index in [-0.39, 0.29) is 11.9 Å². The van der Waals surface area contributed by atoms with Crippen molar-refractivity contribution in [3.8, 4) is 22.3 Å². The molecule has 0 fully saturated rings. The van der Waals surface area contributed by atoms with E-state index >= 15 is 0 Å². The highest BCUT2D eigenvalue weighted by molar-refractivity contribution is 7.15. The summed E-state index contributed by atoms with van der Waals surface area (Å²) in [5, 5.41) is 3.67. The minimum absolute atomic E-state index is 0.213. The van der Waals surface area contributed by atoms with Crippen molar-refractivity contribution in [2.45, 2.75) is 19.9 Å². The Bertz CT molecular complexity index is 902. The van der Waals surface area contributed by atoms with Crippen LogP contribution in [0.5, 0.6) is 11.5 Å². The number of aromatic nitrogens is 1. The molecule has 26 heavy (non-hydrogen) atoms. The number of methoxy groups -OCH3 is 2. The fourth-order valence-corrected chi connectivity index (χ4v) is 3.46. The third-order valence-corrected chi connectivity index (χ3v) is 4.98. The van der Waals surface area contributed by atoms with Crippen LogP contribution in [0.15, 0.2) is 41.0 Å². The van der Waals surface area contributed by atoms with Crippen molar-refractivity contribution >= 4 is 17.2 Å². The molecule has 7 heteroatoms. The molecule has 1 N–H and O–H groups in total. The smallest absolute Gasteiger partial charge is 0.271 e. The summed E-state index contributed by atoms with van der Waals surface area (Å²) in [6, 6.07) is 8.98. The average Bonchev–Trinajstić information content (AvgIpc) is 3.30. The van der Waals surface area contributed by atoms with Gasteiger partial charge in [-0.1, -0.05) is 6.07 Å². The second-order valence-corrected chi connectivity index (χ2v) is 6.91. The molecular weight excluding hydrogens is 352 g/mol. The van der Waals surface area contributed by atoms with Gasteiger partial charge in [0.15, 0.2) is 22.3 Å². The van der Waals surface area contributed by atoms with Gasteiger partial charge in [-0.25, -0.2) is 4.98 Å². The van der Waals surface area contributed by atoms with Gasteiger partial charge in [-0.2, -0.15) is 0 Å². The maximum absolute atomic E-state index is 12.7. The van der Waals surface area contributed by atoms with Crippen LogP contribution in [0.3, 0.4) is 0 Å². The second-order valence-electron chi connectivity index (χ2n) is 5.71. The van der Waals surface area contributed by atoms with Crippen molar-refractivity contribution in [1.82, 2.24) is 10.3 Å². The van der Waals surface area contributed by atoms with Crippen molar-refractivity contribution in [3.63, 3.8) is 0 Å². The predicted molar refractivity (Wildman–Crippen MR) is 100.0 cm³/mol. The molecule has 1 unspecified atom stereocenters. The van der Waals surface area contributed by atoms with Crippen LogP contribution in [-0.2, 0) is 0 Å². The van der Waals surface area contributed by atoms with Crippen LogP contribution < -0.4 is 14.8 Å². The maximum atomic E-state index is 12.7. The van der Waals surface area contributed by atoms with Crippen molar-refractivity contribution in [2.75, 3.05) is 14.2 Å². The summed E-state index contributed by atoms with van der Waals surface area (Å²) in [5.41, 5.74) is 1.32. The molecule has 1 aromatic carbocycles. The van der Waals surface area contributed by atoms with E-state index in [2.05, 4.69) is 10.3 Å². The lowest BCUT2D eigenvalue weighted by Crippen LogP contribution is -2.27. The molecule has 0 aliphatic rings. The van der Waals surface area contributed by atoms with Crippen molar-refractivity contribution in [3.05, 3.63) is 52.7 Å². The van der Waals surface area contributed by atoms with E-state index in [1.807, 2.05) is 38.1 Å². The molecule has 6 nitrogen and oxygen atoms in total. The number of furan rings is 1. The van der Waals surface area contributed by atoms with Gasteiger partial charge in [0.2, 0.25) is 0 Å². The zero-order valence-corrected chi connectivity index (χ0v) is 15.8. The Morgan fingerprint density at radius 2 is 2.00 bits per heavy atom. The first-order valence-corrected chi connectivity index (χ1v) is 8.89. The van der Waals surface area contributed by atoms with E-state index in [0.717, 1.165) is 10.4 Å². The Hall–Kier alpha value is -2.80. The van der Waals surface area contributed by atoms with Gasteiger partial charge in [0.05, 0.1) is 26.5 Å². The molecule has 0 aliphatic carbocycles. The van der Waals surface area contributed by atoms with E-state index in [0.29, 0.717) is 28.0 Å². The standard InChI is InChI=1S/C19H20N2O4S/c1-11(13-7-8-14(23-3)16(10-13)24-4)20-18(22)17-12(2)26-19(21-17)15-6-5-9-25-15/h5-11H,1-4H3,(H,20,22). The highest BCUT2D eigenvalue weighted by Gasteiger charge is 2.20. The largest absolute Gasteiger partial charge is 0.493 e. The van der Waals surface area contributed by atoms with Gasteiger partial charge in [0.1, 0.15) is 5.69 Å². The van der Waals surface area contributed by atoms with Crippen LogP contribution >= 0.6 is 11.3 Å². The van der Waals surface area contributed by atoms with Gasteiger partial charge < -0.3 is 19.2 Å². The van der Waals surface area contributed by atoms with Crippen LogP contribution in [0.1, 0.15) is 33.9 Å². The molecule has 136 valence electrons. The summed E-state index contributed by atoms with van der Waals surface area (Å²) in [6.45, 7) is 3.79. The SMILES string of the molecule is COc1ccc(C(C)NC(=O)c2nc(-c3ccco3)sc2C)cc1OC. The molecule has 0 bridgehead atoms. The van der Waals surface area contributed by atoms with Gasteiger partial charge in [0, 0.05) is 4.88 Å². The van der Waals surface area contributed by atoms with Crippen LogP contribution in [0.4, 0.5) is 0 Å². The molecule has 3 rings (SSSR count). The minimum Gasteiger partial charge on any atom is -0.493 e. The number of hydrogen-bond acceptors (Lipinski definition) is 6. The minimum atomic E-state index is -0.223. The zero-order chi connectivity index (χ0) is 18.7. The highest BCUT2D eigenvalue weighted by Crippen LogP contribution is 2.31. The molecule has 0 saturated heterocycles. The molecule has 3 aromatic rings. The average molecular weight is 372 g/mol. The third kappa shape index (κ3) is 3.57. The first-order chi connectivity index (χ1) is 12.5. The number of ether oxygens (including phenoxy) is 2. The van der Waals surface area contributed by atoms with Gasteiger partial charge in [-0.15, -0.1) is 11.3 Å². The molecule has 0 radical (unpaired) electrons. The fourth-order valence-electron chi connectivity index (χ4n) is 2.58. The summed E-state index contributed by atoms with van der Waals surface area (Å²) in [6.07, 6.45) is 1.59. The number of hydrogen-bond donors (Lipinski definition) is 1. The molecule has 0 spiro atoms. The summed E-state index contributed by atoms with van der Waals surface area (Å²) in [7, 11) is 3.17. The van der Waals surface area contributed by atoms with E-state index in [1.54, 1.807) is 26.5 Å². The molecule has 0 saturated carbocycles. The number of thiazole rings is 1. The van der Waals surface area contributed by atoms with Gasteiger partial charge >= 0.3 is 0 Å². The summed E-state index contributed by atoms with van der Waals surface area (Å²) in [4.78, 5) is 17.9. The van der Waals surface area contributed by atoms with Gasteiger partial charge in [-0.3, -0.25) is 4.79 Å². The summed E-state index contributed by atoms with van der Waals surface area (Å²) < 4.78 is 15.9. The number of carbonyl (C=O) groups excluding carboxylic acids is 1. The maximum Gasteiger partial charge on any atom is 0.271 e. The zero-order valence-electron chi connectivity index (χ0n) is 15.0. The van der Waals surface area contributed by atoms with Crippen molar-refractivity contribution in [2.24, 2.45) is 0 Å². The molecule has 0 aliphatic heterocycles. The first kappa shape index (κ1) is 18.0. The Morgan fingerprint density at radius 3 is 2.65 bits per heavy atom. The van der Waals surface area contributed by atoms with E-state index in [1.165, 1.54) is 11.3 Å². The van der Waals surface area contributed by atoms with Crippen LogP contribution in [-0.4, -0.2) is 25.1 Å². The van der Waals surface area contributed by atoms with E-state index in [9.17, 15) is 4.79 Å². The monoisotopic (exact) mass is 372 g/mol. The Kier molecular flexibility index (Phi) is 5.27. The van der Waals surface area contributed by atoms with E-state index in [4.69, 9.17) is 13.9 Å². The fraction of sp³-hybridized carbons (Fsp3) is 0.263. The number of nitrogens with one attached hydrogen (secondary N) is 1. The second kappa shape index (κ2) is 7.61. The molecule has 2 aromatic heterocycles. The van der Waals surface area contributed by atoms with Crippen molar-refractivity contribution < 1.29 is 18.7 Å². The van der Waals surface area contributed by atoms with Crippen LogP contribution in [0, 0.1) is 6.92 Å². The Labute approximate surface area is 155 Å². The third-order valence-electron chi connectivity index (χ3n) is 4.00. The number of amides is 1. The predicted octanol–water partition coefficient (Wildman–Crippen LogP) is 4.22. The number of rotatable bonds is 6. The van der Waals surface area contributed by atoms with Gasteiger partial charge in [-0.05, 0) is 43.7 Å². The lowest BCUT2D eigenvalue weighted by Gasteiger charge is -2.16. The molecule has 2 heterocycles. The molecular formula is C19H20N2O4S. The first-order valence-electron chi connectivity index (χ1n) is 8.07. The lowest BCUT2D eigenvalue weighted by atomic mass is 10.1. The Morgan fingerprint density at radius 1 is 1.23 bits per heavy atom. The number of aryl methyl sites for hydroxylation is 1. The summed E-state index contributed by atoms with van der Waals surface area (Å²) in [5.74, 6) is 1.70. The number of carbonyl (C=O) groups is 1. The normalized spacial score (nSPS) is 11.8. The van der Waals surface area contributed by atoms with Crippen LogP contribution in [0.25, 0.3) is 10.8 Å². The quantitative estimate of drug-likeness (QED) is 0.701. The molecule has 1 atom stereocenters. The lowest BCUT2D eigenvalue weighted by molar-refractivity contribution is 0.0935. The van der Waals surface area contributed by atoms with Gasteiger partial charge in [0.25, 0.3) is 5.91 Å². The number of nitrogens with zero attached hydrogens (tertiary/aromatic N) is 1.